The SMILES string of the molecule is CCN1C(=O)CCC[C@@]12CCCN(C(=O)c1cccc(C(F)(F)F)c1)C2. The van der Waals surface area contributed by atoms with E-state index in [1.54, 1.807) is 4.90 Å². The first-order valence-electron chi connectivity index (χ1n) is 9.04. The monoisotopic (exact) mass is 368 g/mol. The molecule has 0 unspecified atom stereocenters. The van der Waals surface area contributed by atoms with Crippen LogP contribution in [0.1, 0.15) is 54.9 Å². The molecule has 3 rings (SSSR count). The van der Waals surface area contributed by atoms with Gasteiger partial charge in [0.2, 0.25) is 5.91 Å². The molecule has 4 nitrogen and oxygen atoms in total. The molecule has 0 aromatic heterocycles. The molecule has 0 aliphatic carbocycles. The highest BCUT2D eigenvalue weighted by Gasteiger charge is 2.45. The summed E-state index contributed by atoms with van der Waals surface area (Å²) in [6.07, 6.45) is -0.751. The summed E-state index contributed by atoms with van der Waals surface area (Å²) in [5, 5.41) is 0. The van der Waals surface area contributed by atoms with Crippen LogP contribution < -0.4 is 0 Å². The first-order valence-corrected chi connectivity index (χ1v) is 9.04. The molecule has 7 heteroatoms. The minimum atomic E-state index is -4.48. The van der Waals surface area contributed by atoms with Crippen molar-refractivity contribution in [2.75, 3.05) is 19.6 Å². The Labute approximate surface area is 151 Å². The zero-order valence-electron chi connectivity index (χ0n) is 14.8. The van der Waals surface area contributed by atoms with Crippen molar-refractivity contribution in [2.45, 2.75) is 50.7 Å². The fourth-order valence-corrected chi connectivity index (χ4v) is 4.34. The molecule has 0 saturated carbocycles. The quantitative estimate of drug-likeness (QED) is 0.798. The van der Waals surface area contributed by atoms with Crippen LogP contribution in [0.15, 0.2) is 24.3 Å². The van der Waals surface area contributed by atoms with Gasteiger partial charge in [0.1, 0.15) is 0 Å². The van der Waals surface area contributed by atoms with Crippen LogP contribution in [0.4, 0.5) is 13.2 Å². The highest BCUT2D eigenvalue weighted by atomic mass is 19.4. The van der Waals surface area contributed by atoms with Crippen molar-refractivity contribution in [3.8, 4) is 0 Å². The Bertz CT molecular complexity index is 700. The summed E-state index contributed by atoms with van der Waals surface area (Å²) < 4.78 is 38.8. The van der Waals surface area contributed by atoms with Gasteiger partial charge in [0.05, 0.1) is 11.1 Å². The molecule has 1 aromatic carbocycles. The molecule has 1 atom stereocenters. The van der Waals surface area contributed by atoms with E-state index in [9.17, 15) is 22.8 Å². The number of likely N-dealkylation sites (tertiary alicyclic amines) is 2. The molecule has 2 saturated heterocycles. The zero-order chi connectivity index (χ0) is 18.9. The second-order valence-electron chi connectivity index (χ2n) is 7.12. The molecular formula is C19H23F3N2O2. The van der Waals surface area contributed by atoms with Crippen LogP contribution in [0.5, 0.6) is 0 Å². The number of carbonyl (C=O) groups is 2. The second-order valence-corrected chi connectivity index (χ2v) is 7.12. The lowest BCUT2D eigenvalue weighted by atomic mass is 9.79. The molecule has 2 aliphatic rings. The first-order chi connectivity index (χ1) is 12.3. The Morgan fingerprint density at radius 1 is 1.23 bits per heavy atom. The molecule has 1 aromatic rings. The van der Waals surface area contributed by atoms with E-state index < -0.39 is 17.6 Å². The molecule has 0 N–H and O–H groups in total. The number of likely N-dealkylation sites (N-methyl/N-ethyl adjacent to an activating group) is 1. The summed E-state index contributed by atoms with van der Waals surface area (Å²) in [5.74, 6) is -0.295. The summed E-state index contributed by atoms with van der Waals surface area (Å²) in [4.78, 5) is 28.6. The Morgan fingerprint density at radius 2 is 1.96 bits per heavy atom. The summed E-state index contributed by atoms with van der Waals surface area (Å²) in [6.45, 7) is 3.41. The van der Waals surface area contributed by atoms with Crippen LogP contribution in [-0.4, -0.2) is 46.8 Å². The highest BCUT2D eigenvalue weighted by molar-refractivity contribution is 5.94. The van der Waals surface area contributed by atoms with E-state index in [0.29, 0.717) is 26.1 Å². The third-order valence-corrected chi connectivity index (χ3v) is 5.50. The minimum absolute atomic E-state index is 0.0436. The molecule has 26 heavy (non-hydrogen) atoms. The van der Waals surface area contributed by atoms with Crippen LogP contribution in [0.2, 0.25) is 0 Å². The standard InChI is InChI=1S/C19H23F3N2O2/c1-2-24-16(25)8-4-9-18(24)10-5-11-23(13-18)17(26)14-6-3-7-15(12-14)19(20,21)22/h3,6-7,12H,2,4-5,8-11,13H2,1H3/t18-/m0/s1. The van der Waals surface area contributed by atoms with Gasteiger partial charge in [0.25, 0.3) is 5.91 Å². The van der Waals surface area contributed by atoms with Crippen molar-refractivity contribution in [1.29, 1.82) is 0 Å². The Balaban J connectivity index is 1.83. The number of benzene rings is 1. The second kappa shape index (κ2) is 6.93. The van der Waals surface area contributed by atoms with Crippen molar-refractivity contribution >= 4 is 11.8 Å². The van der Waals surface area contributed by atoms with Gasteiger partial charge < -0.3 is 9.80 Å². The van der Waals surface area contributed by atoms with Gasteiger partial charge in [-0.2, -0.15) is 13.2 Å². The van der Waals surface area contributed by atoms with E-state index in [2.05, 4.69) is 0 Å². The van der Waals surface area contributed by atoms with Crippen LogP contribution in [-0.2, 0) is 11.0 Å². The van der Waals surface area contributed by atoms with Crippen molar-refractivity contribution in [1.82, 2.24) is 9.80 Å². The van der Waals surface area contributed by atoms with Crippen molar-refractivity contribution in [3.63, 3.8) is 0 Å². The van der Waals surface area contributed by atoms with Gasteiger partial charge in [-0.05, 0) is 50.8 Å². The largest absolute Gasteiger partial charge is 0.416 e. The summed E-state index contributed by atoms with van der Waals surface area (Å²) in [7, 11) is 0. The number of hydrogen-bond acceptors (Lipinski definition) is 2. The van der Waals surface area contributed by atoms with E-state index >= 15 is 0 Å². The number of nitrogens with zero attached hydrogens (tertiary/aromatic N) is 2. The van der Waals surface area contributed by atoms with Gasteiger partial charge in [-0.15, -0.1) is 0 Å². The fourth-order valence-electron chi connectivity index (χ4n) is 4.34. The summed E-state index contributed by atoms with van der Waals surface area (Å²) >= 11 is 0. The maximum atomic E-state index is 12.9. The summed E-state index contributed by atoms with van der Waals surface area (Å²) in [5.41, 5.74) is -1.15. The number of carbonyl (C=O) groups excluding carboxylic acids is 2. The number of rotatable bonds is 2. The average molecular weight is 368 g/mol. The minimum Gasteiger partial charge on any atom is -0.336 e. The van der Waals surface area contributed by atoms with Crippen molar-refractivity contribution < 1.29 is 22.8 Å². The predicted octanol–water partition coefficient (Wildman–Crippen LogP) is 3.71. The van der Waals surface area contributed by atoms with Gasteiger partial charge in [-0.3, -0.25) is 9.59 Å². The van der Waals surface area contributed by atoms with E-state index in [0.717, 1.165) is 37.8 Å². The molecule has 2 amide bonds. The summed E-state index contributed by atoms with van der Waals surface area (Å²) in [6, 6.07) is 4.56. The predicted molar refractivity (Wildman–Crippen MR) is 90.6 cm³/mol. The maximum absolute atomic E-state index is 12.9. The Hall–Kier alpha value is -2.05. The van der Waals surface area contributed by atoms with Gasteiger partial charge in [-0.25, -0.2) is 0 Å². The molecule has 2 fully saturated rings. The van der Waals surface area contributed by atoms with E-state index in [4.69, 9.17) is 0 Å². The zero-order valence-corrected chi connectivity index (χ0v) is 14.8. The maximum Gasteiger partial charge on any atom is 0.416 e. The Morgan fingerprint density at radius 3 is 2.65 bits per heavy atom. The van der Waals surface area contributed by atoms with Crippen molar-refractivity contribution in [2.24, 2.45) is 0 Å². The average Bonchev–Trinajstić information content (AvgIpc) is 2.61. The smallest absolute Gasteiger partial charge is 0.336 e. The third kappa shape index (κ3) is 3.44. The van der Waals surface area contributed by atoms with Gasteiger partial charge in [-0.1, -0.05) is 6.07 Å². The van der Waals surface area contributed by atoms with Gasteiger partial charge >= 0.3 is 6.18 Å². The first kappa shape index (κ1) is 18.7. The molecule has 2 heterocycles. The van der Waals surface area contributed by atoms with Gasteiger partial charge in [0, 0.05) is 31.6 Å². The number of hydrogen-bond donors (Lipinski definition) is 0. The lowest BCUT2D eigenvalue weighted by Crippen LogP contribution is -2.63. The lowest BCUT2D eigenvalue weighted by Gasteiger charge is -2.52. The van der Waals surface area contributed by atoms with E-state index in [1.165, 1.54) is 12.1 Å². The highest BCUT2D eigenvalue weighted by Crippen LogP contribution is 2.37. The fraction of sp³-hybridized carbons (Fsp3) is 0.579. The number of halogens is 3. The Kier molecular flexibility index (Phi) is 4.99. The molecular weight excluding hydrogens is 345 g/mol. The van der Waals surface area contributed by atoms with Crippen LogP contribution in [0.3, 0.4) is 0 Å². The molecule has 1 spiro atoms. The van der Waals surface area contributed by atoms with Crippen LogP contribution >= 0.6 is 0 Å². The van der Waals surface area contributed by atoms with Crippen LogP contribution in [0.25, 0.3) is 0 Å². The van der Waals surface area contributed by atoms with Crippen molar-refractivity contribution in [3.05, 3.63) is 35.4 Å². The van der Waals surface area contributed by atoms with Gasteiger partial charge in [0.15, 0.2) is 0 Å². The molecule has 0 radical (unpaired) electrons. The lowest BCUT2D eigenvalue weighted by molar-refractivity contribution is -0.144. The van der Waals surface area contributed by atoms with E-state index in [-0.39, 0.29) is 17.0 Å². The number of amides is 2. The molecule has 142 valence electrons. The number of alkyl halides is 3. The number of piperidine rings is 2. The topological polar surface area (TPSA) is 40.6 Å². The third-order valence-electron chi connectivity index (χ3n) is 5.50. The molecule has 0 bridgehead atoms. The van der Waals surface area contributed by atoms with Crippen LogP contribution in [0, 0.1) is 0 Å². The van der Waals surface area contributed by atoms with E-state index in [1.807, 2.05) is 11.8 Å². The molecule has 2 aliphatic heterocycles. The normalized spacial score (nSPS) is 24.2.